The molecule has 0 saturated carbocycles. The summed E-state index contributed by atoms with van der Waals surface area (Å²) in [6.45, 7) is -2.33. The van der Waals surface area contributed by atoms with Crippen molar-refractivity contribution in [1.29, 1.82) is 0 Å². The Hall–Kier alpha value is -0.191. The summed E-state index contributed by atoms with van der Waals surface area (Å²) in [5.41, 5.74) is 0. The smallest absolute Gasteiger partial charge is 0.854 e. The molecule has 0 amide bonds. The molecule has 0 aromatic heterocycles. The van der Waals surface area contributed by atoms with Crippen LogP contribution >= 0.6 is 0 Å². The maximum Gasteiger partial charge on any atom is 3.00 e. The molecule has 0 unspecified atom stereocenters. The first-order valence-corrected chi connectivity index (χ1v) is 5.47. The fraction of sp³-hybridized carbons (Fsp3) is 0.700. The number of carbonyl (C=O) groups is 3. The number of hydrogen-bond donors (Lipinski definition) is 0. The van der Waals surface area contributed by atoms with E-state index in [1.807, 2.05) is 0 Å². The Morgan fingerprint density at radius 3 is 1.38 bits per heavy atom. The third-order valence-corrected chi connectivity index (χ3v) is 2.20. The van der Waals surface area contributed by atoms with Crippen molar-refractivity contribution in [3.63, 3.8) is 0 Å². The van der Waals surface area contributed by atoms with Gasteiger partial charge >= 0.3 is 46.6 Å². The Morgan fingerprint density at radius 1 is 0.714 bits per heavy atom. The summed E-state index contributed by atoms with van der Waals surface area (Å²) in [5.74, 6) is -4.30. The fourth-order valence-corrected chi connectivity index (χ4v) is 1.44. The summed E-state index contributed by atoms with van der Waals surface area (Å²) in [6.07, 6.45) is 0. The van der Waals surface area contributed by atoms with Crippen LogP contribution in [0.5, 0.6) is 0 Å². The van der Waals surface area contributed by atoms with E-state index in [0.717, 1.165) is 4.90 Å². The van der Waals surface area contributed by atoms with E-state index in [-0.39, 0.29) is 66.3 Å². The van der Waals surface area contributed by atoms with E-state index in [4.69, 9.17) is 0 Å². The topological polar surface area (TPSA) is 150 Å². The van der Waals surface area contributed by atoms with Crippen molar-refractivity contribution in [3.8, 4) is 0 Å². The monoisotopic (exact) mass is 353 g/mol. The number of carboxylic acids is 3. The zero-order chi connectivity index (χ0) is 14.8. The number of carboxylic acid groups (broad SMARTS) is 3. The summed E-state index contributed by atoms with van der Waals surface area (Å²) in [7, 11) is 0. The molecule has 21 heavy (non-hydrogen) atoms. The first kappa shape index (κ1) is 25.7. The van der Waals surface area contributed by atoms with Crippen molar-refractivity contribution in [3.05, 3.63) is 0 Å². The molecule has 0 aromatic carbocycles. The summed E-state index contributed by atoms with van der Waals surface area (Å²) < 4.78 is 0. The number of nitrogens with zero attached hydrogens (tertiary/aromatic N) is 2. The molecule has 0 aliphatic carbocycles. The van der Waals surface area contributed by atoms with Crippen molar-refractivity contribution in [2.75, 3.05) is 45.9 Å². The molecule has 1 radical (unpaired) electrons. The van der Waals surface area contributed by atoms with Crippen LogP contribution in [0.4, 0.5) is 0 Å². The molecule has 0 heterocycles. The van der Waals surface area contributed by atoms with Crippen molar-refractivity contribution >= 4 is 17.9 Å². The van der Waals surface area contributed by atoms with Crippen LogP contribution in [0.2, 0.25) is 0 Å². The van der Waals surface area contributed by atoms with Crippen molar-refractivity contribution in [2.45, 2.75) is 0 Å². The number of rotatable bonds is 11. The first-order valence-electron chi connectivity index (χ1n) is 5.47. The van der Waals surface area contributed by atoms with Gasteiger partial charge in [-0.05, 0) is 6.54 Å². The van der Waals surface area contributed by atoms with E-state index in [0.29, 0.717) is 0 Å². The van der Waals surface area contributed by atoms with Crippen molar-refractivity contribution in [1.82, 2.24) is 9.80 Å². The summed E-state index contributed by atoms with van der Waals surface area (Å²) in [6, 6.07) is 0. The van der Waals surface area contributed by atoms with Gasteiger partial charge in [0, 0.05) is 32.7 Å². The van der Waals surface area contributed by atoms with Gasteiger partial charge in [0.2, 0.25) is 0 Å². The van der Waals surface area contributed by atoms with Crippen molar-refractivity contribution in [2.24, 2.45) is 0 Å². The normalized spacial score (nSPS) is 9.86. The van der Waals surface area contributed by atoms with Crippen molar-refractivity contribution < 1.29 is 81.4 Å². The minimum absolute atomic E-state index is 0. The number of carbonyl (C=O) groups excluding carboxylic acids is 3. The second-order valence-corrected chi connectivity index (χ2v) is 3.81. The second kappa shape index (κ2) is 14.7. The summed E-state index contributed by atoms with van der Waals surface area (Å²) >= 11 is 0. The Labute approximate surface area is 154 Å². The first-order chi connectivity index (χ1) is 8.85. The standard InChI is InChI=1S/C10H17N2O7.Fe.Na/c13-4-3-11(5-8(14)15)1-2-12(6-9(16)17)7-10(18)19;;/h1-7H2,(H,14,15)(H,16,17)(H,18,19);;/q-1;+3;+1/p-3. The van der Waals surface area contributed by atoms with E-state index in [1.165, 1.54) is 4.90 Å². The van der Waals surface area contributed by atoms with E-state index in [1.54, 1.807) is 0 Å². The molecule has 11 heteroatoms. The minimum atomic E-state index is -1.46. The zero-order valence-corrected chi connectivity index (χ0v) is 14.7. The quantitative estimate of drug-likeness (QED) is 0.330. The number of aliphatic carboxylic acids is 3. The Bertz CT molecular complexity index is 317. The predicted octanol–water partition coefficient (Wildman–Crippen LogP) is -9.80. The van der Waals surface area contributed by atoms with Gasteiger partial charge < -0.3 is 34.8 Å². The Kier molecular flexibility index (Phi) is 18.1. The molecule has 9 nitrogen and oxygen atoms in total. The van der Waals surface area contributed by atoms with Gasteiger partial charge in [0.05, 0.1) is 17.9 Å². The predicted molar refractivity (Wildman–Crippen MR) is 52.8 cm³/mol. The van der Waals surface area contributed by atoms with Gasteiger partial charge in [-0.15, -0.1) is 6.61 Å². The van der Waals surface area contributed by atoms with Gasteiger partial charge in [0.1, 0.15) is 0 Å². The molecule has 0 aliphatic rings. The van der Waals surface area contributed by atoms with E-state index < -0.39 is 44.1 Å². The van der Waals surface area contributed by atoms with Crippen LogP contribution in [0, 0.1) is 0 Å². The summed E-state index contributed by atoms with van der Waals surface area (Å²) in [4.78, 5) is 33.5. The van der Waals surface area contributed by atoms with Gasteiger partial charge in [-0.2, -0.15) is 0 Å². The van der Waals surface area contributed by atoms with Crippen LogP contribution in [-0.4, -0.2) is 73.6 Å². The maximum atomic E-state index is 10.4. The number of hydrogen-bond acceptors (Lipinski definition) is 9. The van der Waals surface area contributed by atoms with Crippen LogP contribution in [-0.2, 0) is 31.5 Å². The van der Waals surface area contributed by atoms with Gasteiger partial charge in [-0.3, -0.25) is 9.80 Å². The molecule has 0 N–H and O–H groups in total. The van der Waals surface area contributed by atoms with Crippen LogP contribution in [0.3, 0.4) is 0 Å². The average molecular weight is 353 g/mol. The molecule has 0 spiro atoms. The van der Waals surface area contributed by atoms with Crippen LogP contribution in [0.15, 0.2) is 0 Å². The molecule has 0 aromatic rings. The van der Waals surface area contributed by atoms with Gasteiger partial charge in [0.15, 0.2) is 0 Å². The van der Waals surface area contributed by atoms with Crippen LogP contribution < -0.4 is 50.0 Å². The third kappa shape index (κ3) is 16.0. The minimum Gasteiger partial charge on any atom is -0.854 e. The SMILES string of the molecule is O=C([O-])CN(CC[O-])CCN(CC(=O)[O-])CC(=O)[O-].[Fe+3].[Na+]. The molecule has 0 aliphatic heterocycles. The van der Waals surface area contributed by atoms with E-state index >= 15 is 0 Å². The maximum absolute atomic E-state index is 10.4. The summed E-state index contributed by atoms with van der Waals surface area (Å²) in [5, 5.41) is 41.7. The zero-order valence-electron chi connectivity index (χ0n) is 11.6. The Morgan fingerprint density at radius 2 is 1.05 bits per heavy atom. The molecule has 0 saturated heterocycles. The second-order valence-electron chi connectivity index (χ2n) is 3.81. The van der Waals surface area contributed by atoms with Gasteiger partial charge in [-0.25, -0.2) is 0 Å². The largest absolute Gasteiger partial charge is 3.00 e. The molecule has 0 fully saturated rings. The molecule has 115 valence electrons. The van der Waals surface area contributed by atoms with Gasteiger partial charge in [0.25, 0.3) is 0 Å². The van der Waals surface area contributed by atoms with E-state index in [9.17, 15) is 34.8 Å². The molecular formula is C10H14FeN2NaO7. The van der Waals surface area contributed by atoms with Crippen LogP contribution in [0.25, 0.3) is 0 Å². The molecule has 0 bridgehead atoms. The molecule has 0 atom stereocenters. The van der Waals surface area contributed by atoms with Crippen LogP contribution in [0.1, 0.15) is 0 Å². The Balaban J connectivity index is -0.00000162. The fourth-order valence-electron chi connectivity index (χ4n) is 1.44. The van der Waals surface area contributed by atoms with E-state index in [2.05, 4.69) is 0 Å². The average Bonchev–Trinajstić information content (AvgIpc) is 2.23. The third-order valence-electron chi connectivity index (χ3n) is 2.20. The molecular weight excluding hydrogens is 339 g/mol. The van der Waals surface area contributed by atoms with Gasteiger partial charge in [-0.1, -0.05) is 0 Å². The molecule has 0 rings (SSSR count).